The molecule has 0 fully saturated rings. The number of H-pyrrole nitrogens is 1. The minimum absolute atomic E-state index is 0.748. The van der Waals surface area contributed by atoms with Crippen molar-refractivity contribution in [2.75, 3.05) is 5.73 Å². The number of nitrogens with zero attached hydrogens (tertiary/aromatic N) is 3. The number of aromatic amines is 1. The molecule has 0 aliphatic carbocycles. The van der Waals surface area contributed by atoms with E-state index in [0.29, 0.717) is 0 Å². The highest BCUT2D eigenvalue weighted by atomic mass is 32.1. The molecule has 3 aromatic rings. The average molecular weight is 217 g/mol. The van der Waals surface area contributed by atoms with Crippen molar-refractivity contribution in [3.63, 3.8) is 0 Å². The predicted octanol–water partition coefficient (Wildman–Crippen LogP) is 1.66. The fourth-order valence-corrected chi connectivity index (χ4v) is 2.32. The lowest BCUT2D eigenvalue weighted by Gasteiger charge is -1.89. The molecule has 74 valence electrons. The maximum Gasteiger partial charge on any atom is 0.146 e. The van der Waals surface area contributed by atoms with E-state index in [2.05, 4.69) is 20.4 Å². The van der Waals surface area contributed by atoms with Gasteiger partial charge in [0.15, 0.2) is 0 Å². The SMILES string of the molecule is Nc1ccc2nc(-c3cn[nH]n3)sc2c1. The Labute approximate surface area is 89.0 Å². The minimum Gasteiger partial charge on any atom is -0.399 e. The Bertz CT molecular complexity index is 598. The molecule has 0 bridgehead atoms. The summed E-state index contributed by atoms with van der Waals surface area (Å²) in [6.45, 7) is 0. The van der Waals surface area contributed by atoms with Crippen LogP contribution < -0.4 is 5.73 Å². The van der Waals surface area contributed by atoms with E-state index in [4.69, 9.17) is 5.73 Å². The first-order chi connectivity index (χ1) is 7.33. The van der Waals surface area contributed by atoms with Crippen molar-refractivity contribution in [2.45, 2.75) is 0 Å². The minimum atomic E-state index is 0.748. The Hall–Kier alpha value is -1.95. The Morgan fingerprint density at radius 2 is 2.27 bits per heavy atom. The molecule has 0 spiro atoms. The van der Waals surface area contributed by atoms with Crippen LogP contribution in [-0.2, 0) is 0 Å². The van der Waals surface area contributed by atoms with Gasteiger partial charge in [0.05, 0.1) is 16.4 Å². The van der Waals surface area contributed by atoms with Gasteiger partial charge in [-0.25, -0.2) is 4.98 Å². The predicted molar refractivity (Wildman–Crippen MR) is 59.4 cm³/mol. The number of thiazole rings is 1. The van der Waals surface area contributed by atoms with Crippen LogP contribution in [0.5, 0.6) is 0 Å². The zero-order valence-corrected chi connectivity index (χ0v) is 8.45. The van der Waals surface area contributed by atoms with Crippen molar-refractivity contribution in [3.8, 4) is 10.7 Å². The van der Waals surface area contributed by atoms with Gasteiger partial charge >= 0.3 is 0 Å². The third kappa shape index (κ3) is 1.35. The molecule has 2 aromatic heterocycles. The third-order valence-corrected chi connectivity index (χ3v) is 3.09. The van der Waals surface area contributed by atoms with Gasteiger partial charge < -0.3 is 5.73 Å². The van der Waals surface area contributed by atoms with Crippen molar-refractivity contribution >= 4 is 27.2 Å². The topological polar surface area (TPSA) is 80.5 Å². The van der Waals surface area contributed by atoms with E-state index in [0.717, 1.165) is 26.6 Å². The van der Waals surface area contributed by atoms with Crippen LogP contribution >= 0.6 is 11.3 Å². The van der Waals surface area contributed by atoms with Crippen LogP contribution in [0.2, 0.25) is 0 Å². The van der Waals surface area contributed by atoms with E-state index in [9.17, 15) is 0 Å². The van der Waals surface area contributed by atoms with E-state index < -0.39 is 0 Å². The summed E-state index contributed by atoms with van der Waals surface area (Å²) in [6, 6.07) is 5.66. The summed E-state index contributed by atoms with van der Waals surface area (Å²) in [5, 5.41) is 11.2. The highest BCUT2D eigenvalue weighted by Gasteiger charge is 2.08. The van der Waals surface area contributed by atoms with Gasteiger partial charge in [-0.3, -0.25) is 0 Å². The standard InChI is InChI=1S/C9H7N5S/c10-5-1-2-6-8(3-5)15-9(12-6)7-4-11-14-13-7/h1-4H,10H2,(H,11,13,14). The van der Waals surface area contributed by atoms with Gasteiger partial charge in [0.1, 0.15) is 10.7 Å². The lowest BCUT2D eigenvalue weighted by molar-refractivity contribution is 0.942. The van der Waals surface area contributed by atoms with Crippen molar-refractivity contribution in [3.05, 3.63) is 24.4 Å². The quantitative estimate of drug-likeness (QED) is 0.607. The first-order valence-corrected chi connectivity index (χ1v) is 5.17. The fourth-order valence-electron chi connectivity index (χ4n) is 1.36. The number of nitrogen functional groups attached to an aromatic ring is 1. The Balaban J connectivity index is 2.22. The Morgan fingerprint density at radius 3 is 3.07 bits per heavy atom. The molecule has 6 heteroatoms. The average Bonchev–Trinajstić information content (AvgIpc) is 2.84. The highest BCUT2D eigenvalue weighted by Crippen LogP contribution is 2.29. The molecule has 0 amide bonds. The number of anilines is 1. The zero-order valence-electron chi connectivity index (χ0n) is 7.64. The molecule has 0 aliphatic rings. The third-order valence-electron chi connectivity index (χ3n) is 2.05. The zero-order chi connectivity index (χ0) is 10.3. The highest BCUT2D eigenvalue weighted by molar-refractivity contribution is 7.21. The molecule has 15 heavy (non-hydrogen) atoms. The maximum absolute atomic E-state index is 5.70. The number of hydrogen-bond acceptors (Lipinski definition) is 5. The molecular formula is C9H7N5S. The lowest BCUT2D eigenvalue weighted by atomic mass is 10.3. The Morgan fingerprint density at radius 1 is 1.33 bits per heavy atom. The van der Waals surface area contributed by atoms with Crippen LogP contribution in [0, 0.1) is 0 Å². The van der Waals surface area contributed by atoms with Gasteiger partial charge in [-0.15, -0.1) is 11.3 Å². The van der Waals surface area contributed by atoms with E-state index in [1.54, 1.807) is 17.5 Å². The van der Waals surface area contributed by atoms with Gasteiger partial charge in [0.25, 0.3) is 0 Å². The number of aromatic nitrogens is 4. The monoisotopic (exact) mass is 217 g/mol. The van der Waals surface area contributed by atoms with E-state index in [1.165, 1.54) is 0 Å². The summed E-state index contributed by atoms with van der Waals surface area (Å²) in [7, 11) is 0. The Kier molecular flexibility index (Phi) is 1.69. The smallest absolute Gasteiger partial charge is 0.146 e. The van der Waals surface area contributed by atoms with Crippen molar-refractivity contribution in [1.29, 1.82) is 0 Å². The van der Waals surface area contributed by atoms with Gasteiger partial charge in [-0.05, 0) is 18.2 Å². The van der Waals surface area contributed by atoms with Gasteiger partial charge in [0.2, 0.25) is 0 Å². The molecule has 0 saturated heterocycles. The van der Waals surface area contributed by atoms with Gasteiger partial charge in [-0.1, -0.05) is 0 Å². The van der Waals surface area contributed by atoms with E-state index in [-0.39, 0.29) is 0 Å². The molecular weight excluding hydrogens is 210 g/mol. The first-order valence-electron chi connectivity index (χ1n) is 4.35. The van der Waals surface area contributed by atoms with Gasteiger partial charge in [-0.2, -0.15) is 15.4 Å². The summed E-state index contributed by atoms with van der Waals surface area (Å²) in [5.74, 6) is 0. The van der Waals surface area contributed by atoms with Crippen LogP contribution in [0.25, 0.3) is 20.9 Å². The number of rotatable bonds is 1. The summed E-state index contributed by atoms with van der Waals surface area (Å²) in [6.07, 6.45) is 1.65. The molecule has 0 aliphatic heterocycles. The first kappa shape index (κ1) is 8.37. The summed E-state index contributed by atoms with van der Waals surface area (Å²) < 4.78 is 1.06. The second kappa shape index (κ2) is 3.03. The largest absolute Gasteiger partial charge is 0.399 e. The van der Waals surface area contributed by atoms with Crippen molar-refractivity contribution in [2.24, 2.45) is 0 Å². The molecule has 0 unspecified atom stereocenters. The molecule has 3 N–H and O–H groups in total. The summed E-state index contributed by atoms with van der Waals surface area (Å²) >= 11 is 1.56. The van der Waals surface area contributed by atoms with Crippen LogP contribution in [0.15, 0.2) is 24.4 Å². The number of benzene rings is 1. The molecule has 1 aromatic carbocycles. The summed E-state index contributed by atoms with van der Waals surface area (Å²) in [5.41, 5.74) is 8.14. The maximum atomic E-state index is 5.70. The van der Waals surface area contributed by atoms with Crippen LogP contribution in [0.3, 0.4) is 0 Å². The van der Waals surface area contributed by atoms with Crippen LogP contribution in [0.4, 0.5) is 5.69 Å². The fraction of sp³-hybridized carbons (Fsp3) is 0. The molecule has 0 radical (unpaired) electrons. The normalized spacial score (nSPS) is 10.9. The number of fused-ring (bicyclic) bond motifs is 1. The molecule has 0 saturated carbocycles. The molecule has 0 atom stereocenters. The summed E-state index contributed by atoms with van der Waals surface area (Å²) in [4.78, 5) is 4.44. The molecule has 5 nitrogen and oxygen atoms in total. The number of nitrogens with one attached hydrogen (secondary N) is 1. The second-order valence-electron chi connectivity index (χ2n) is 3.10. The lowest BCUT2D eigenvalue weighted by Crippen LogP contribution is -1.81. The molecule has 3 rings (SSSR count). The van der Waals surface area contributed by atoms with Crippen LogP contribution in [-0.4, -0.2) is 20.4 Å². The second-order valence-corrected chi connectivity index (χ2v) is 4.13. The van der Waals surface area contributed by atoms with Crippen molar-refractivity contribution < 1.29 is 0 Å². The van der Waals surface area contributed by atoms with E-state index in [1.807, 2.05) is 18.2 Å². The molecule has 2 heterocycles. The number of nitrogens with two attached hydrogens (primary N) is 1. The van der Waals surface area contributed by atoms with Crippen LogP contribution in [0.1, 0.15) is 0 Å². The van der Waals surface area contributed by atoms with Crippen molar-refractivity contribution in [1.82, 2.24) is 20.4 Å². The number of hydrogen-bond donors (Lipinski definition) is 2. The van der Waals surface area contributed by atoms with Gasteiger partial charge in [0, 0.05) is 5.69 Å². The van der Waals surface area contributed by atoms with E-state index >= 15 is 0 Å².